The molecule has 0 aliphatic rings. The molecular weight excluding hydrogens is 226 g/mol. The van der Waals surface area contributed by atoms with Gasteiger partial charge in [-0.15, -0.1) is 11.6 Å². The van der Waals surface area contributed by atoms with Gasteiger partial charge in [0.1, 0.15) is 0 Å². The molecule has 0 saturated carbocycles. The minimum Gasteiger partial charge on any atom is -0.459 e. The van der Waals surface area contributed by atoms with Gasteiger partial charge in [0.25, 0.3) is 5.91 Å². The van der Waals surface area contributed by atoms with Crippen LogP contribution in [0.25, 0.3) is 0 Å². The van der Waals surface area contributed by atoms with Gasteiger partial charge in [-0.2, -0.15) is 0 Å². The van der Waals surface area contributed by atoms with Crippen LogP contribution in [0.3, 0.4) is 0 Å². The summed E-state index contributed by atoms with van der Waals surface area (Å²) in [6.07, 6.45) is 3.45. The van der Waals surface area contributed by atoms with Gasteiger partial charge in [0.05, 0.1) is 6.26 Å². The van der Waals surface area contributed by atoms with Crippen molar-refractivity contribution in [1.82, 2.24) is 5.32 Å². The van der Waals surface area contributed by atoms with E-state index in [1.807, 2.05) is 0 Å². The topological polar surface area (TPSA) is 42.2 Å². The number of hydrogen-bond acceptors (Lipinski definition) is 2. The van der Waals surface area contributed by atoms with Crippen LogP contribution in [0.15, 0.2) is 22.8 Å². The Hall–Kier alpha value is -0.960. The van der Waals surface area contributed by atoms with Gasteiger partial charge >= 0.3 is 0 Å². The van der Waals surface area contributed by atoms with Crippen LogP contribution in [0, 0.1) is 5.41 Å². The van der Waals surface area contributed by atoms with E-state index in [0.717, 1.165) is 12.8 Å². The molecule has 1 aromatic rings. The lowest BCUT2D eigenvalue weighted by Crippen LogP contribution is -2.33. The molecule has 0 unspecified atom stereocenters. The third-order valence-corrected chi connectivity index (χ3v) is 2.73. The number of carbonyl (C=O) groups is 1. The third kappa shape index (κ3) is 4.27. The van der Waals surface area contributed by atoms with Crippen molar-refractivity contribution in [3.63, 3.8) is 0 Å². The Balaban J connectivity index is 2.36. The van der Waals surface area contributed by atoms with Gasteiger partial charge < -0.3 is 9.73 Å². The summed E-state index contributed by atoms with van der Waals surface area (Å²) < 4.78 is 5.01. The zero-order chi connectivity index (χ0) is 12.0. The highest BCUT2D eigenvalue weighted by atomic mass is 35.5. The monoisotopic (exact) mass is 243 g/mol. The van der Waals surface area contributed by atoms with E-state index < -0.39 is 0 Å². The Morgan fingerprint density at radius 3 is 2.88 bits per heavy atom. The molecule has 1 amide bonds. The molecule has 1 rings (SSSR count). The average Bonchev–Trinajstić information content (AvgIpc) is 2.77. The van der Waals surface area contributed by atoms with E-state index >= 15 is 0 Å². The fourth-order valence-electron chi connectivity index (χ4n) is 1.45. The highest BCUT2D eigenvalue weighted by Crippen LogP contribution is 2.21. The highest BCUT2D eigenvalue weighted by molar-refractivity contribution is 6.17. The zero-order valence-electron chi connectivity index (χ0n) is 9.75. The van der Waals surface area contributed by atoms with Crippen molar-refractivity contribution >= 4 is 17.5 Å². The second kappa shape index (κ2) is 5.94. The first-order chi connectivity index (χ1) is 7.55. The normalized spacial score (nSPS) is 11.4. The van der Waals surface area contributed by atoms with Crippen LogP contribution in [-0.4, -0.2) is 18.3 Å². The summed E-state index contributed by atoms with van der Waals surface area (Å²) in [7, 11) is 0. The van der Waals surface area contributed by atoms with E-state index in [1.54, 1.807) is 12.1 Å². The Bertz CT molecular complexity index is 320. The molecule has 0 spiro atoms. The molecule has 90 valence electrons. The van der Waals surface area contributed by atoms with E-state index in [0.29, 0.717) is 18.2 Å². The van der Waals surface area contributed by atoms with E-state index in [9.17, 15) is 4.79 Å². The van der Waals surface area contributed by atoms with E-state index in [4.69, 9.17) is 16.0 Å². The molecule has 0 aromatic carbocycles. The van der Waals surface area contributed by atoms with Gasteiger partial charge in [0, 0.05) is 12.4 Å². The summed E-state index contributed by atoms with van der Waals surface area (Å²) in [5.74, 6) is 0.854. The Kier molecular flexibility index (Phi) is 4.87. The molecule has 0 aliphatic heterocycles. The maximum Gasteiger partial charge on any atom is 0.286 e. The van der Waals surface area contributed by atoms with Crippen LogP contribution in [0.4, 0.5) is 0 Å². The van der Waals surface area contributed by atoms with Crippen molar-refractivity contribution in [1.29, 1.82) is 0 Å². The number of halogens is 1. The quantitative estimate of drug-likeness (QED) is 0.781. The number of alkyl halides is 1. The molecule has 1 aromatic heterocycles. The number of nitrogens with one attached hydrogen (secondary N) is 1. The predicted octanol–water partition coefficient (Wildman–Crippen LogP) is 3.05. The largest absolute Gasteiger partial charge is 0.459 e. The van der Waals surface area contributed by atoms with Gasteiger partial charge in [-0.3, -0.25) is 4.79 Å². The van der Waals surface area contributed by atoms with Crippen LogP contribution in [-0.2, 0) is 0 Å². The maximum atomic E-state index is 11.6. The van der Waals surface area contributed by atoms with Gasteiger partial charge in [0.15, 0.2) is 5.76 Å². The first-order valence-electron chi connectivity index (χ1n) is 5.43. The minimum atomic E-state index is -0.163. The molecule has 0 aliphatic carbocycles. The maximum absolute atomic E-state index is 11.6. The minimum absolute atomic E-state index is 0.0666. The molecule has 4 heteroatoms. The molecule has 0 radical (unpaired) electrons. The predicted molar refractivity (Wildman–Crippen MR) is 64.8 cm³/mol. The highest BCUT2D eigenvalue weighted by Gasteiger charge is 2.19. The Morgan fingerprint density at radius 2 is 2.31 bits per heavy atom. The molecule has 0 atom stereocenters. The molecule has 0 fully saturated rings. The summed E-state index contributed by atoms with van der Waals surface area (Å²) in [5.41, 5.74) is 0.0666. The molecule has 1 heterocycles. The summed E-state index contributed by atoms with van der Waals surface area (Å²) >= 11 is 5.65. The van der Waals surface area contributed by atoms with Crippen LogP contribution >= 0.6 is 11.6 Å². The number of carbonyl (C=O) groups excluding carboxylic acids is 1. The van der Waals surface area contributed by atoms with Gasteiger partial charge in [-0.25, -0.2) is 0 Å². The number of amides is 1. The lowest BCUT2D eigenvalue weighted by molar-refractivity contribution is 0.0906. The first kappa shape index (κ1) is 13.1. The number of furan rings is 1. The van der Waals surface area contributed by atoms with Crippen LogP contribution in [0.2, 0.25) is 0 Å². The summed E-state index contributed by atoms with van der Waals surface area (Å²) in [4.78, 5) is 11.6. The SMILES string of the molecule is CC(C)(CCCCl)CNC(=O)c1ccco1. The van der Waals surface area contributed by atoms with Crippen molar-refractivity contribution in [2.75, 3.05) is 12.4 Å². The van der Waals surface area contributed by atoms with Crippen LogP contribution in [0.5, 0.6) is 0 Å². The smallest absolute Gasteiger partial charge is 0.286 e. The van der Waals surface area contributed by atoms with Gasteiger partial charge in [-0.1, -0.05) is 13.8 Å². The van der Waals surface area contributed by atoms with Crippen molar-refractivity contribution in [3.8, 4) is 0 Å². The van der Waals surface area contributed by atoms with Gasteiger partial charge in [0.2, 0.25) is 0 Å². The standard InChI is InChI=1S/C12H18ClNO2/c1-12(2,6-4-7-13)9-14-11(15)10-5-3-8-16-10/h3,5,8H,4,6-7,9H2,1-2H3,(H,14,15). The average molecular weight is 244 g/mol. The molecule has 1 N–H and O–H groups in total. The lowest BCUT2D eigenvalue weighted by Gasteiger charge is -2.24. The van der Waals surface area contributed by atoms with Crippen molar-refractivity contribution in [3.05, 3.63) is 24.2 Å². The summed E-state index contributed by atoms with van der Waals surface area (Å²) in [6, 6.07) is 3.36. The number of hydrogen-bond donors (Lipinski definition) is 1. The molecule has 0 bridgehead atoms. The molecule has 0 saturated heterocycles. The Morgan fingerprint density at radius 1 is 1.56 bits per heavy atom. The second-order valence-electron chi connectivity index (χ2n) is 4.62. The number of rotatable bonds is 6. The van der Waals surface area contributed by atoms with Crippen LogP contribution in [0.1, 0.15) is 37.2 Å². The fraction of sp³-hybridized carbons (Fsp3) is 0.583. The molecule has 16 heavy (non-hydrogen) atoms. The van der Waals surface area contributed by atoms with Crippen molar-refractivity contribution in [2.45, 2.75) is 26.7 Å². The fourth-order valence-corrected chi connectivity index (χ4v) is 1.58. The van der Waals surface area contributed by atoms with E-state index in [1.165, 1.54) is 6.26 Å². The third-order valence-electron chi connectivity index (χ3n) is 2.46. The lowest BCUT2D eigenvalue weighted by atomic mass is 9.88. The van der Waals surface area contributed by atoms with Crippen LogP contribution < -0.4 is 5.32 Å². The zero-order valence-corrected chi connectivity index (χ0v) is 10.5. The Labute approximate surface area is 101 Å². The van der Waals surface area contributed by atoms with E-state index in [2.05, 4.69) is 19.2 Å². The molecule has 3 nitrogen and oxygen atoms in total. The summed E-state index contributed by atoms with van der Waals surface area (Å²) in [6.45, 7) is 4.85. The summed E-state index contributed by atoms with van der Waals surface area (Å²) in [5, 5.41) is 2.86. The van der Waals surface area contributed by atoms with Crippen molar-refractivity contribution < 1.29 is 9.21 Å². The van der Waals surface area contributed by atoms with Gasteiger partial charge in [-0.05, 0) is 30.4 Å². The van der Waals surface area contributed by atoms with E-state index in [-0.39, 0.29) is 11.3 Å². The van der Waals surface area contributed by atoms with Crippen molar-refractivity contribution in [2.24, 2.45) is 5.41 Å². The second-order valence-corrected chi connectivity index (χ2v) is 4.99. The molecular formula is C12H18ClNO2. The first-order valence-corrected chi connectivity index (χ1v) is 5.96.